The van der Waals surface area contributed by atoms with Crippen LogP contribution in [0.4, 0.5) is 4.39 Å². The Labute approximate surface area is 64.8 Å². The van der Waals surface area contributed by atoms with Crippen LogP contribution < -0.4 is 4.74 Å². The molecule has 0 aromatic heterocycles. The summed E-state index contributed by atoms with van der Waals surface area (Å²) in [6.45, 7) is 2.39. The van der Waals surface area contributed by atoms with E-state index in [0.29, 0.717) is 24.3 Å². The second-order valence-corrected chi connectivity index (χ2v) is 2.77. The molecule has 0 unspecified atom stereocenters. The number of ether oxygens (including phenoxy) is 1. The lowest BCUT2D eigenvalue weighted by Crippen LogP contribution is -1.88. The molecule has 0 saturated carbocycles. The first kappa shape index (κ1) is 6.65. The maximum atomic E-state index is 13.2. The Kier molecular flexibility index (Phi) is 1.34. The largest absolute Gasteiger partial charge is 0.493 e. The van der Waals surface area contributed by atoms with Crippen LogP contribution in [0.15, 0.2) is 12.1 Å². The number of rotatable bonds is 0. The van der Waals surface area contributed by atoms with Crippen LogP contribution in [0.25, 0.3) is 0 Å². The molecule has 0 radical (unpaired) electrons. The zero-order valence-corrected chi connectivity index (χ0v) is 6.36. The number of fused-ring (bicyclic) bond motifs is 1. The molecular formula is C9H9FO. The van der Waals surface area contributed by atoms with Gasteiger partial charge in [0.05, 0.1) is 6.61 Å². The van der Waals surface area contributed by atoms with Crippen molar-refractivity contribution in [3.63, 3.8) is 0 Å². The van der Waals surface area contributed by atoms with E-state index in [1.54, 1.807) is 13.0 Å². The van der Waals surface area contributed by atoms with Crippen molar-refractivity contribution in [3.05, 3.63) is 29.1 Å². The molecule has 1 aromatic rings. The zero-order chi connectivity index (χ0) is 7.84. The number of halogens is 1. The lowest BCUT2D eigenvalue weighted by Gasteiger charge is -2.01. The van der Waals surface area contributed by atoms with Crippen LogP contribution in [0.1, 0.15) is 11.1 Å². The van der Waals surface area contributed by atoms with Crippen LogP contribution in [0, 0.1) is 12.7 Å². The van der Waals surface area contributed by atoms with Crippen molar-refractivity contribution in [1.82, 2.24) is 0 Å². The SMILES string of the molecule is Cc1ccc2c(c1F)CCO2. The van der Waals surface area contributed by atoms with E-state index < -0.39 is 0 Å². The fourth-order valence-electron chi connectivity index (χ4n) is 1.35. The van der Waals surface area contributed by atoms with Crippen molar-refractivity contribution in [2.24, 2.45) is 0 Å². The number of benzene rings is 1. The molecule has 1 heterocycles. The van der Waals surface area contributed by atoms with Crippen LogP contribution in [-0.2, 0) is 6.42 Å². The van der Waals surface area contributed by atoms with Crippen LogP contribution in [-0.4, -0.2) is 6.61 Å². The molecule has 0 spiro atoms. The first-order valence-electron chi connectivity index (χ1n) is 3.70. The molecule has 2 rings (SSSR count). The van der Waals surface area contributed by atoms with Gasteiger partial charge in [-0.05, 0) is 18.6 Å². The van der Waals surface area contributed by atoms with Gasteiger partial charge >= 0.3 is 0 Å². The van der Waals surface area contributed by atoms with Gasteiger partial charge in [0.15, 0.2) is 0 Å². The second kappa shape index (κ2) is 2.22. The topological polar surface area (TPSA) is 9.23 Å². The van der Waals surface area contributed by atoms with Gasteiger partial charge in [-0.3, -0.25) is 0 Å². The second-order valence-electron chi connectivity index (χ2n) is 2.77. The predicted molar refractivity (Wildman–Crippen MR) is 40.3 cm³/mol. The van der Waals surface area contributed by atoms with Gasteiger partial charge in [-0.1, -0.05) is 6.07 Å². The van der Waals surface area contributed by atoms with E-state index >= 15 is 0 Å². The highest BCUT2D eigenvalue weighted by Gasteiger charge is 2.17. The van der Waals surface area contributed by atoms with E-state index in [9.17, 15) is 4.39 Å². The van der Waals surface area contributed by atoms with Gasteiger partial charge in [0.1, 0.15) is 11.6 Å². The smallest absolute Gasteiger partial charge is 0.133 e. The van der Waals surface area contributed by atoms with Crippen molar-refractivity contribution in [2.75, 3.05) is 6.61 Å². The number of hydrogen-bond donors (Lipinski definition) is 0. The number of aryl methyl sites for hydroxylation is 1. The summed E-state index contributed by atoms with van der Waals surface area (Å²) >= 11 is 0. The van der Waals surface area contributed by atoms with Gasteiger partial charge in [0.25, 0.3) is 0 Å². The Morgan fingerprint density at radius 1 is 1.45 bits per heavy atom. The molecule has 1 aliphatic heterocycles. The van der Waals surface area contributed by atoms with Gasteiger partial charge in [-0.15, -0.1) is 0 Å². The highest BCUT2D eigenvalue weighted by Crippen LogP contribution is 2.28. The Bertz CT molecular complexity index is 294. The molecule has 1 aliphatic rings. The van der Waals surface area contributed by atoms with E-state index in [4.69, 9.17) is 4.74 Å². The molecule has 11 heavy (non-hydrogen) atoms. The summed E-state index contributed by atoms with van der Waals surface area (Å²) in [6, 6.07) is 3.58. The van der Waals surface area contributed by atoms with Crippen LogP contribution in [0.3, 0.4) is 0 Å². The Morgan fingerprint density at radius 3 is 3.09 bits per heavy atom. The molecule has 2 heteroatoms. The maximum Gasteiger partial charge on any atom is 0.133 e. The maximum absolute atomic E-state index is 13.2. The first-order chi connectivity index (χ1) is 5.29. The van der Waals surface area contributed by atoms with E-state index in [1.807, 2.05) is 6.07 Å². The monoisotopic (exact) mass is 152 g/mol. The summed E-state index contributed by atoms with van der Waals surface area (Å²) in [7, 11) is 0. The van der Waals surface area contributed by atoms with Crippen molar-refractivity contribution >= 4 is 0 Å². The van der Waals surface area contributed by atoms with E-state index in [-0.39, 0.29) is 5.82 Å². The minimum absolute atomic E-state index is 0.0972. The molecule has 0 atom stereocenters. The number of hydrogen-bond acceptors (Lipinski definition) is 1. The lowest BCUT2D eigenvalue weighted by atomic mass is 10.1. The van der Waals surface area contributed by atoms with Crippen LogP contribution in [0.2, 0.25) is 0 Å². The van der Waals surface area contributed by atoms with Crippen LogP contribution in [0.5, 0.6) is 5.75 Å². The van der Waals surface area contributed by atoms with E-state index in [0.717, 1.165) is 5.56 Å². The minimum atomic E-state index is -0.0972. The average Bonchev–Trinajstić information content (AvgIpc) is 2.45. The van der Waals surface area contributed by atoms with E-state index in [2.05, 4.69) is 0 Å². The van der Waals surface area contributed by atoms with Gasteiger partial charge < -0.3 is 4.74 Å². The third-order valence-corrected chi connectivity index (χ3v) is 2.00. The molecule has 0 amide bonds. The van der Waals surface area contributed by atoms with Crippen molar-refractivity contribution in [1.29, 1.82) is 0 Å². The van der Waals surface area contributed by atoms with Gasteiger partial charge in [0, 0.05) is 12.0 Å². The standard InChI is InChI=1S/C9H9FO/c1-6-2-3-8-7(9(6)10)4-5-11-8/h2-3H,4-5H2,1H3. The van der Waals surface area contributed by atoms with Gasteiger partial charge in [-0.2, -0.15) is 0 Å². The van der Waals surface area contributed by atoms with E-state index in [1.165, 1.54) is 0 Å². The first-order valence-corrected chi connectivity index (χ1v) is 3.70. The van der Waals surface area contributed by atoms with Crippen molar-refractivity contribution in [3.8, 4) is 5.75 Å². The summed E-state index contributed by atoms with van der Waals surface area (Å²) in [4.78, 5) is 0. The summed E-state index contributed by atoms with van der Waals surface area (Å²) < 4.78 is 18.4. The lowest BCUT2D eigenvalue weighted by molar-refractivity contribution is 0.357. The normalized spacial score (nSPS) is 14.4. The Morgan fingerprint density at radius 2 is 2.27 bits per heavy atom. The third-order valence-electron chi connectivity index (χ3n) is 2.00. The third kappa shape index (κ3) is 0.897. The fourth-order valence-corrected chi connectivity index (χ4v) is 1.35. The molecular weight excluding hydrogens is 143 g/mol. The molecule has 0 N–H and O–H groups in total. The quantitative estimate of drug-likeness (QED) is 0.553. The zero-order valence-electron chi connectivity index (χ0n) is 6.36. The molecule has 1 nitrogen and oxygen atoms in total. The van der Waals surface area contributed by atoms with Gasteiger partial charge in [-0.25, -0.2) is 4.39 Å². The van der Waals surface area contributed by atoms with Crippen molar-refractivity contribution in [2.45, 2.75) is 13.3 Å². The molecule has 0 bridgehead atoms. The van der Waals surface area contributed by atoms with Gasteiger partial charge in [0.2, 0.25) is 0 Å². The average molecular weight is 152 g/mol. The minimum Gasteiger partial charge on any atom is -0.493 e. The molecule has 0 saturated heterocycles. The molecule has 0 aliphatic carbocycles. The fraction of sp³-hybridized carbons (Fsp3) is 0.333. The summed E-state index contributed by atoms with van der Waals surface area (Å²) in [6.07, 6.45) is 0.711. The summed E-state index contributed by atoms with van der Waals surface area (Å²) in [5.41, 5.74) is 1.44. The van der Waals surface area contributed by atoms with Crippen molar-refractivity contribution < 1.29 is 9.13 Å². The highest BCUT2D eigenvalue weighted by molar-refractivity contribution is 5.40. The van der Waals surface area contributed by atoms with Crippen LogP contribution >= 0.6 is 0 Å². The summed E-state index contributed by atoms with van der Waals surface area (Å²) in [5, 5.41) is 0. The Balaban J connectivity index is 2.62. The molecule has 1 aromatic carbocycles. The summed E-state index contributed by atoms with van der Waals surface area (Å²) in [5.74, 6) is 0.619. The molecule has 0 fully saturated rings. The predicted octanol–water partition coefficient (Wildman–Crippen LogP) is 2.07. The molecule has 58 valence electrons. The Hall–Kier alpha value is -1.05. The highest BCUT2D eigenvalue weighted by atomic mass is 19.1.